The van der Waals surface area contributed by atoms with Crippen molar-refractivity contribution in [3.05, 3.63) is 29.3 Å². The first-order valence-electron chi connectivity index (χ1n) is 4.09. The third-order valence-electron chi connectivity index (χ3n) is 2.20. The van der Waals surface area contributed by atoms with Crippen LogP contribution in [0.3, 0.4) is 0 Å². The van der Waals surface area contributed by atoms with Gasteiger partial charge < -0.3 is 5.73 Å². The number of hydrogen-bond donors (Lipinski definition) is 3. The first-order chi connectivity index (χ1) is 6.59. The van der Waals surface area contributed by atoms with Gasteiger partial charge in [-0.3, -0.25) is 15.4 Å². The molecule has 1 aromatic carbocycles. The van der Waals surface area contributed by atoms with Crippen molar-refractivity contribution in [1.82, 2.24) is 0 Å². The molecule has 0 spiro atoms. The minimum Gasteiger partial charge on any atom is -0.384 e. The number of amidine groups is 1. The van der Waals surface area contributed by atoms with Crippen LogP contribution in [0, 0.1) is 5.41 Å². The highest BCUT2D eigenvalue weighted by atomic mass is 16.5. The molecule has 1 aliphatic heterocycles. The Morgan fingerprint density at radius 2 is 2.29 bits per heavy atom. The fourth-order valence-electron chi connectivity index (χ4n) is 1.47. The molecular formula is C9H9N3O2. The van der Waals surface area contributed by atoms with Gasteiger partial charge in [0.2, 0.25) is 0 Å². The van der Waals surface area contributed by atoms with Gasteiger partial charge in [0.05, 0.1) is 12.1 Å². The molecule has 5 nitrogen and oxygen atoms in total. The molecule has 0 aliphatic carbocycles. The molecule has 72 valence electrons. The van der Waals surface area contributed by atoms with E-state index in [1.54, 1.807) is 18.2 Å². The molecule has 14 heavy (non-hydrogen) atoms. The molecule has 0 bridgehead atoms. The van der Waals surface area contributed by atoms with Crippen LogP contribution in [-0.2, 0) is 11.2 Å². The van der Waals surface area contributed by atoms with E-state index in [0.29, 0.717) is 21.9 Å². The predicted molar refractivity (Wildman–Crippen MR) is 50.4 cm³/mol. The molecule has 4 N–H and O–H groups in total. The topological polar surface area (TPSA) is 90.4 Å². The molecule has 0 saturated heterocycles. The molecule has 1 aliphatic rings. The Hall–Kier alpha value is -1.88. The average molecular weight is 191 g/mol. The van der Waals surface area contributed by atoms with Gasteiger partial charge in [-0.15, -0.1) is 0 Å². The second-order valence-corrected chi connectivity index (χ2v) is 3.14. The summed E-state index contributed by atoms with van der Waals surface area (Å²) in [5.41, 5.74) is 7.03. The highest BCUT2D eigenvalue weighted by Gasteiger charge is 2.26. The normalized spacial score (nSPS) is 14.4. The van der Waals surface area contributed by atoms with Crippen molar-refractivity contribution in [2.24, 2.45) is 5.73 Å². The number of carbonyl (C=O) groups excluding carboxylic acids is 1. The quantitative estimate of drug-likeness (QED) is 0.337. The van der Waals surface area contributed by atoms with Gasteiger partial charge in [0, 0.05) is 5.56 Å². The van der Waals surface area contributed by atoms with Crippen molar-refractivity contribution in [3.8, 4) is 0 Å². The van der Waals surface area contributed by atoms with Crippen molar-refractivity contribution in [3.63, 3.8) is 0 Å². The van der Waals surface area contributed by atoms with Crippen LogP contribution in [0.2, 0.25) is 0 Å². The summed E-state index contributed by atoms with van der Waals surface area (Å²) in [6.45, 7) is 0. The molecule has 0 radical (unpaired) electrons. The highest BCUT2D eigenvalue weighted by molar-refractivity contribution is 6.02. The third kappa shape index (κ3) is 1.14. The van der Waals surface area contributed by atoms with Crippen LogP contribution in [0.25, 0.3) is 0 Å². The van der Waals surface area contributed by atoms with Gasteiger partial charge in [-0.2, -0.15) is 5.06 Å². The van der Waals surface area contributed by atoms with Crippen LogP contribution in [0.4, 0.5) is 5.69 Å². The number of nitrogens with zero attached hydrogens (tertiary/aromatic N) is 1. The number of nitrogens with one attached hydrogen (secondary N) is 1. The molecule has 1 amide bonds. The summed E-state index contributed by atoms with van der Waals surface area (Å²) >= 11 is 0. The number of hydrogen-bond acceptors (Lipinski definition) is 3. The number of carbonyl (C=O) groups is 1. The van der Waals surface area contributed by atoms with E-state index in [-0.39, 0.29) is 18.2 Å². The number of amides is 1. The van der Waals surface area contributed by atoms with E-state index in [1.165, 1.54) is 0 Å². The largest absolute Gasteiger partial charge is 0.384 e. The van der Waals surface area contributed by atoms with E-state index in [1.807, 2.05) is 0 Å². The van der Waals surface area contributed by atoms with E-state index in [0.717, 1.165) is 0 Å². The second-order valence-electron chi connectivity index (χ2n) is 3.14. The summed E-state index contributed by atoms with van der Waals surface area (Å²) in [6.07, 6.45) is 0.160. The van der Waals surface area contributed by atoms with Crippen LogP contribution >= 0.6 is 0 Å². The Morgan fingerprint density at radius 1 is 1.57 bits per heavy atom. The summed E-state index contributed by atoms with van der Waals surface area (Å²) in [5, 5.41) is 17.1. The van der Waals surface area contributed by atoms with E-state index >= 15 is 0 Å². The van der Waals surface area contributed by atoms with Crippen LogP contribution in [-0.4, -0.2) is 17.0 Å². The molecule has 2 rings (SSSR count). The summed E-state index contributed by atoms with van der Waals surface area (Å²) in [7, 11) is 0. The van der Waals surface area contributed by atoms with Crippen molar-refractivity contribution in [2.75, 3.05) is 5.06 Å². The highest BCUT2D eigenvalue weighted by Crippen LogP contribution is 2.27. The van der Waals surface area contributed by atoms with E-state index in [9.17, 15) is 10.0 Å². The molecule has 0 unspecified atom stereocenters. The Morgan fingerprint density at radius 3 is 2.93 bits per heavy atom. The van der Waals surface area contributed by atoms with Gasteiger partial charge >= 0.3 is 0 Å². The Balaban J connectivity index is 2.49. The number of benzene rings is 1. The fraction of sp³-hybridized carbons (Fsp3) is 0.111. The zero-order valence-corrected chi connectivity index (χ0v) is 7.32. The van der Waals surface area contributed by atoms with E-state index in [2.05, 4.69) is 0 Å². The van der Waals surface area contributed by atoms with E-state index in [4.69, 9.17) is 11.1 Å². The minimum absolute atomic E-state index is 0.0448. The van der Waals surface area contributed by atoms with Crippen LogP contribution in [0.5, 0.6) is 0 Å². The van der Waals surface area contributed by atoms with Crippen molar-refractivity contribution < 1.29 is 10.0 Å². The molecule has 1 aromatic rings. The maximum atomic E-state index is 11.1. The number of nitrogens with two attached hydrogens (primary N) is 1. The van der Waals surface area contributed by atoms with Crippen LogP contribution < -0.4 is 10.8 Å². The van der Waals surface area contributed by atoms with Gasteiger partial charge in [0.15, 0.2) is 0 Å². The fourth-order valence-corrected chi connectivity index (χ4v) is 1.47. The Labute approximate surface area is 80.2 Å². The van der Waals surface area contributed by atoms with Crippen molar-refractivity contribution >= 4 is 17.4 Å². The lowest BCUT2D eigenvalue weighted by atomic mass is 10.1. The molecule has 1 heterocycles. The predicted octanol–water partition coefficient (Wildman–Crippen LogP) is 0.249. The van der Waals surface area contributed by atoms with Gasteiger partial charge in [-0.05, 0) is 23.8 Å². The van der Waals surface area contributed by atoms with Crippen molar-refractivity contribution in [2.45, 2.75) is 6.42 Å². The maximum Gasteiger partial charge on any atom is 0.255 e. The third-order valence-corrected chi connectivity index (χ3v) is 2.20. The lowest BCUT2D eigenvalue weighted by Gasteiger charge is -2.07. The van der Waals surface area contributed by atoms with Gasteiger partial charge in [0.25, 0.3) is 5.91 Å². The number of hydroxylamine groups is 1. The molecular weight excluding hydrogens is 182 g/mol. The molecule has 0 fully saturated rings. The van der Waals surface area contributed by atoms with Crippen LogP contribution in [0.15, 0.2) is 18.2 Å². The molecule has 0 aromatic heterocycles. The second kappa shape index (κ2) is 2.81. The standard InChI is InChI=1S/C9H9N3O2/c10-9(11)5-1-2-7-6(3-5)4-8(13)12(7)14/h1-3,14H,4H2,(H3,10,11). The number of fused-ring (bicyclic) bond motifs is 1. The number of nitrogen functional groups attached to an aromatic ring is 1. The van der Waals surface area contributed by atoms with E-state index < -0.39 is 0 Å². The Bertz CT molecular complexity index is 428. The average Bonchev–Trinajstić information content (AvgIpc) is 2.42. The number of anilines is 1. The number of rotatable bonds is 1. The lowest BCUT2D eigenvalue weighted by molar-refractivity contribution is -0.122. The van der Waals surface area contributed by atoms with Crippen LogP contribution in [0.1, 0.15) is 11.1 Å². The van der Waals surface area contributed by atoms with Gasteiger partial charge in [-0.1, -0.05) is 0 Å². The summed E-state index contributed by atoms with van der Waals surface area (Å²) in [5.74, 6) is -0.405. The van der Waals surface area contributed by atoms with Gasteiger partial charge in [-0.25, -0.2) is 0 Å². The van der Waals surface area contributed by atoms with Crippen molar-refractivity contribution in [1.29, 1.82) is 5.41 Å². The zero-order valence-electron chi connectivity index (χ0n) is 7.32. The first-order valence-corrected chi connectivity index (χ1v) is 4.09. The Kier molecular flexibility index (Phi) is 1.75. The zero-order chi connectivity index (χ0) is 10.3. The molecule has 5 heteroatoms. The minimum atomic E-state index is -0.360. The molecule has 0 atom stereocenters. The summed E-state index contributed by atoms with van der Waals surface area (Å²) in [4.78, 5) is 11.1. The first kappa shape index (κ1) is 8.71. The molecule has 0 saturated carbocycles. The SMILES string of the molecule is N=C(N)c1ccc2c(c1)CC(=O)N2O. The lowest BCUT2D eigenvalue weighted by Crippen LogP contribution is -2.21. The summed E-state index contributed by atoms with van der Waals surface area (Å²) < 4.78 is 0. The smallest absolute Gasteiger partial charge is 0.255 e. The monoisotopic (exact) mass is 191 g/mol. The maximum absolute atomic E-state index is 11.1. The van der Waals surface area contributed by atoms with Gasteiger partial charge in [0.1, 0.15) is 5.84 Å². The summed E-state index contributed by atoms with van der Waals surface area (Å²) in [6, 6.07) is 4.83.